The van der Waals surface area contributed by atoms with Crippen LogP contribution in [0.25, 0.3) is 11.4 Å². The highest BCUT2D eigenvalue weighted by Crippen LogP contribution is 2.25. The molecule has 2 aromatic rings. The van der Waals surface area contributed by atoms with Gasteiger partial charge in [-0.1, -0.05) is 20.8 Å². The number of aromatic nitrogens is 4. The van der Waals surface area contributed by atoms with Crippen LogP contribution in [0.5, 0.6) is 0 Å². The summed E-state index contributed by atoms with van der Waals surface area (Å²) in [7, 11) is 0. The van der Waals surface area contributed by atoms with Crippen molar-refractivity contribution in [3.05, 3.63) is 33.0 Å². The Morgan fingerprint density at radius 2 is 1.90 bits per heavy atom. The van der Waals surface area contributed by atoms with Crippen LogP contribution in [0.2, 0.25) is 0 Å². The number of hydrogen-bond donors (Lipinski definition) is 2. The highest BCUT2D eigenvalue weighted by molar-refractivity contribution is 7.71. The topological polar surface area (TPSA) is 66.5 Å². The minimum atomic E-state index is -0.0968. The number of hydrogen-bond acceptors (Lipinski definition) is 3. The molecular formula is C14H20N4OS. The first-order valence-corrected chi connectivity index (χ1v) is 7.03. The van der Waals surface area contributed by atoms with Gasteiger partial charge in [-0.25, -0.2) is 0 Å². The van der Waals surface area contributed by atoms with Crippen LogP contribution in [0.15, 0.2) is 16.9 Å². The molecule has 0 fully saturated rings. The Hall–Kier alpha value is -1.69. The zero-order chi connectivity index (χ0) is 15.1. The fourth-order valence-electron chi connectivity index (χ4n) is 2.25. The first kappa shape index (κ1) is 14.7. The third kappa shape index (κ3) is 2.60. The first-order valence-electron chi connectivity index (χ1n) is 6.63. The highest BCUT2D eigenvalue weighted by Gasteiger charge is 2.22. The van der Waals surface area contributed by atoms with E-state index in [9.17, 15) is 4.79 Å². The zero-order valence-electron chi connectivity index (χ0n) is 12.4. The second-order valence-corrected chi connectivity index (χ2v) is 6.55. The monoisotopic (exact) mass is 292 g/mol. The molecule has 0 aliphatic rings. The van der Waals surface area contributed by atoms with Crippen LogP contribution >= 0.6 is 12.2 Å². The Morgan fingerprint density at radius 1 is 1.25 bits per heavy atom. The molecule has 0 atom stereocenters. The van der Waals surface area contributed by atoms with Crippen LogP contribution in [0.3, 0.4) is 0 Å². The molecule has 20 heavy (non-hydrogen) atoms. The van der Waals surface area contributed by atoms with Crippen molar-refractivity contribution in [1.82, 2.24) is 19.7 Å². The second-order valence-electron chi connectivity index (χ2n) is 6.17. The number of rotatable bonds is 2. The second kappa shape index (κ2) is 5.01. The van der Waals surface area contributed by atoms with Gasteiger partial charge in [0, 0.05) is 17.2 Å². The molecule has 2 aromatic heterocycles. The van der Waals surface area contributed by atoms with Gasteiger partial charge in [-0.3, -0.25) is 15.0 Å². The predicted molar refractivity (Wildman–Crippen MR) is 82.6 cm³/mol. The molecule has 0 aliphatic carbocycles. The SMILES string of the molecule is CC(C)n1c(C(C)(C)C)ccc(-c2nc(=S)[nH][nH]2)c1=O. The summed E-state index contributed by atoms with van der Waals surface area (Å²) in [6.07, 6.45) is 0. The Labute approximate surface area is 123 Å². The summed E-state index contributed by atoms with van der Waals surface area (Å²) in [5, 5.41) is 5.55. The summed E-state index contributed by atoms with van der Waals surface area (Å²) in [5.41, 5.74) is 1.39. The molecule has 0 unspecified atom stereocenters. The van der Waals surface area contributed by atoms with Gasteiger partial charge in [0.1, 0.15) is 0 Å². The molecule has 2 N–H and O–H groups in total. The number of nitrogens with one attached hydrogen (secondary N) is 2. The van der Waals surface area contributed by atoms with Crippen molar-refractivity contribution in [3.8, 4) is 11.4 Å². The van der Waals surface area contributed by atoms with E-state index < -0.39 is 0 Å². The van der Waals surface area contributed by atoms with E-state index in [-0.39, 0.29) is 17.0 Å². The Balaban J connectivity index is 2.74. The lowest BCUT2D eigenvalue weighted by Crippen LogP contribution is -2.31. The molecule has 6 heteroatoms. The third-order valence-corrected chi connectivity index (χ3v) is 3.35. The van der Waals surface area contributed by atoms with Gasteiger partial charge < -0.3 is 4.57 Å². The molecule has 0 bridgehead atoms. The summed E-state index contributed by atoms with van der Waals surface area (Å²) >= 11 is 4.94. The Bertz CT molecular complexity index is 731. The van der Waals surface area contributed by atoms with Crippen molar-refractivity contribution in [2.45, 2.75) is 46.1 Å². The lowest BCUT2D eigenvalue weighted by atomic mass is 9.90. The number of aromatic amines is 2. The summed E-state index contributed by atoms with van der Waals surface area (Å²) < 4.78 is 2.16. The van der Waals surface area contributed by atoms with Gasteiger partial charge in [-0.05, 0) is 38.2 Å². The van der Waals surface area contributed by atoms with Crippen LogP contribution in [-0.2, 0) is 5.41 Å². The first-order chi connectivity index (χ1) is 9.21. The van der Waals surface area contributed by atoms with Gasteiger partial charge in [0.25, 0.3) is 5.56 Å². The normalized spacial score (nSPS) is 12.1. The summed E-state index contributed by atoms with van der Waals surface area (Å²) in [6, 6.07) is 3.88. The maximum atomic E-state index is 12.7. The van der Waals surface area contributed by atoms with Crippen LogP contribution in [0.4, 0.5) is 0 Å². The zero-order valence-corrected chi connectivity index (χ0v) is 13.3. The van der Waals surface area contributed by atoms with Gasteiger partial charge in [0.05, 0.1) is 5.56 Å². The molecule has 0 spiro atoms. The van der Waals surface area contributed by atoms with Crippen LogP contribution in [0.1, 0.15) is 46.4 Å². The molecular weight excluding hydrogens is 272 g/mol. The quantitative estimate of drug-likeness (QED) is 0.835. The van der Waals surface area contributed by atoms with Crippen molar-refractivity contribution >= 4 is 12.2 Å². The molecule has 2 rings (SSSR count). The van der Waals surface area contributed by atoms with E-state index in [1.165, 1.54) is 0 Å². The molecule has 5 nitrogen and oxygen atoms in total. The molecule has 0 radical (unpaired) electrons. The van der Waals surface area contributed by atoms with E-state index in [0.29, 0.717) is 16.2 Å². The molecule has 0 saturated carbocycles. The van der Waals surface area contributed by atoms with Crippen molar-refractivity contribution in [3.63, 3.8) is 0 Å². The van der Waals surface area contributed by atoms with Crippen molar-refractivity contribution < 1.29 is 0 Å². The number of pyridine rings is 1. The average molecular weight is 292 g/mol. The molecule has 0 amide bonds. The van der Waals surface area contributed by atoms with Gasteiger partial charge in [-0.15, -0.1) is 0 Å². The van der Waals surface area contributed by atoms with Crippen molar-refractivity contribution in [2.75, 3.05) is 0 Å². The summed E-state index contributed by atoms with van der Waals surface area (Å²) in [6.45, 7) is 10.3. The van der Waals surface area contributed by atoms with Gasteiger partial charge in [0.2, 0.25) is 4.77 Å². The van der Waals surface area contributed by atoms with Crippen LogP contribution < -0.4 is 5.56 Å². The predicted octanol–water partition coefficient (Wildman–Crippen LogP) is 3.17. The molecule has 108 valence electrons. The lowest BCUT2D eigenvalue weighted by Gasteiger charge is -2.26. The fraction of sp³-hybridized carbons (Fsp3) is 0.500. The maximum Gasteiger partial charge on any atom is 0.262 e. The fourth-order valence-corrected chi connectivity index (χ4v) is 2.40. The molecule has 0 saturated heterocycles. The van der Waals surface area contributed by atoms with Gasteiger partial charge >= 0.3 is 0 Å². The smallest absolute Gasteiger partial charge is 0.262 e. The van der Waals surface area contributed by atoms with Crippen LogP contribution in [0, 0.1) is 4.77 Å². The Kier molecular flexibility index (Phi) is 3.69. The van der Waals surface area contributed by atoms with Gasteiger partial charge in [0.15, 0.2) is 5.82 Å². The molecule has 0 aromatic carbocycles. The van der Waals surface area contributed by atoms with E-state index in [2.05, 4.69) is 36.0 Å². The van der Waals surface area contributed by atoms with Crippen LogP contribution in [-0.4, -0.2) is 19.7 Å². The van der Waals surface area contributed by atoms with E-state index in [0.717, 1.165) is 5.69 Å². The highest BCUT2D eigenvalue weighted by atomic mass is 32.1. The minimum absolute atomic E-state index is 0.0508. The Morgan fingerprint density at radius 3 is 2.35 bits per heavy atom. The summed E-state index contributed by atoms with van der Waals surface area (Å²) in [5.74, 6) is 0.481. The lowest BCUT2D eigenvalue weighted by molar-refractivity contribution is 0.467. The number of H-pyrrole nitrogens is 2. The molecule has 0 aliphatic heterocycles. The standard InChI is InChI=1S/C14H20N4OS/c1-8(2)18-10(14(3,4)5)7-6-9(12(18)19)11-15-13(20)17-16-11/h6-8H,1-5H3,(H2,15,16,17,20). The van der Waals surface area contributed by atoms with E-state index in [1.807, 2.05) is 30.5 Å². The van der Waals surface area contributed by atoms with Crippen molar-refractivity contribution in [1.29, 1.82) is 0 Å². The maximum absolute atomic E-state index is 12.7. The average Bonchev–Trinajstić information content (AvgIpc) is 2.73. The molecule has 2 heterocycles. The van der Waals surface area contributed by atoms with Gasteiger partial charge in [-0.2, -0.15) is 4.98 Å². The van der Waals surface area contributed by atoms with Crippen molar-refractivity contribution in [2.24, 2.45) is 0 Å². The van der Waals surface area contributed by atoms with E-state index >= 15 is 0 Å². The largest absolute Gasteiger partial charge is 0.309 e. The number of nitrogens with zero attached hydrogens (tertiary/aromatic N) is 2. The minimum Gasteiger partial charge on any atom is -0.309 e. The summed E-state index contributed by atoms with van der Waals surface area (Å²) in [4.78, 5) is 16.9. The third-order valence-electron chi connectivity index (χ3n) is 3.16. The van der Waals surface area contributed by atoms with E-state index in [1.54, 1.807) is 0 Å². The van der Waals surface area contributed by atoms with E-state index in [4.69, 9.17) is 12.2 Å².